The van der Waals surface area contributed by atoms with Gasteiger partial charge < -0.3 is 10.1 Å². The van der Waals surface area contributed by atoms with Crippen LogP contribution in [0.3, 0.4) is 0 Å². The number of halogens is 1. The van der Waals surface area contributed by atoms with E-state index in [1.807, 2.05) is 0 Å². The summed E-state index contributed by atoms with van der Waals surface area (Å²) in [4.78, 5) is 11.8. The van der Waals surface area contributed by atoms with Crippen LogP contribution < -0.4 is 5.32 Å². The molecule has 0 unspecified atom stereocenters. The van der Waals surface area contributed by atoms with Gasteiger partial charge in [0, 0.05) is 29.2 Å². The zero-order valence-corrected chi connectivity index (χ0v) is 11.9. The highest BCUT2D eigenvalue weighted by atomic mass is 35.7. The van der Waals surface area contributed by atoms with Crippen LogP contribution in [0, 0.1) is 0 Å². The maximum absolute atomic E-state index is 11.8. The molecule has 18 heavy (non-hydrogen) atoms. The van der Waals surface area contributed by atoms with Gasteiger partial charge in [-0.1, -0.05) is 0 Å². The molecule has 0 atom stereocenters. The van der Waals surface area contributed by atoms with Gasteiger partial charge in [-0.3, -0.25) is 4.79 Å². The van der Waals surface area contributed by atoms with Crippen LogP contribution in [0.4, 0.5) is 0 Å². The Morgan fingerprint density at radius 1 is 1.56 bits per heavy atom. The predicted molar refractivity (Wildman–Crippen MR) is 68.6 cm³/mol. The van der Waals surface area contributed by atoms with Gasteiger partial charge in [0.05, 0.1) is 11.7 Å². The molecule has 1 heterocycles. The normalized spacial score (nSPS) is 23.4. The van der Waals surface area contributed by atoms with E-state index in [0.717, 1.165) is 24.2 Å². The van der Waals surface area contributed by atoms with E-state index in [-0.39, 0.29) is 22.3 Å². The molecular weight excluding hydrogens is 298 g/mol. The van der Waals surface area contributed by atoms with Crippen molar-refractivity contribution in [3.8, 4) is 0 Å². The van der Waals surface area contributed by atoms with Crippen molar-refractivity contribution in [3.63, 3.8) is 0 Å². The molecule has 1 amide bonds. The molecule has 0 bridgehead atoms. The standard InChI is InChI=1S/C10H12ClNO4S2/c1-16-8-3-7(4-8)12-10(13)6-2-9(17-5-6)18(11,14)15/h2,5,7-8H,3-4H2,1H3,(H,12,13). The average Bonchev–Trinajstić information content (AvgIpc) is 2.70. The van der Waals surface area contributed by atoms with Crippen molar-refractivity contribution >= 4 is 37.0 Å². The second-order valence-electron chi connectivity index (χ2n) is 4.09. The maximum Gasteiger partial charge on any atom is 0.270 e. The van der Waals surface area contributed by atoms with Crippen LogP contribution >= 0.6 is 22.0 Å². The zero-order valence-electron chi connectivity index (χ0n) is 9.55. The first-order valence-corrected chi connectivity index (χ1v) is 8.46. The average molecular weight is 310 g/mol. The lowest BCUT2D eigenvalue weighted by Gasteiger charge is -2.34. The van der Waals surface area contributed by atoms with E-state index in [1.165, 1.54) is 11.4 Å². The molecule has 1 aromatic rings. The minimum Gasteiger partial charge on any atom is -0.381 e. The number of rotatable bonds is 4. The highest BCUT2D eigenvalue weighted by Crippen LogP contribution is 2.25. The fraction of sp³-hybridized carbons (Fsp3) is 0.500. The van der Waals surface area contributed by atoms with E-state index in [1.54, 1.807) is 7.11 Å². The van der Waals surface area contributed by atoms with Gasteiger partial charge in [-0.25, -0.2) is 8.42 Å². The van der Waals surface area contributed by atoms with Crippen LogP contribution in [-0.2, 0) is 13.8 Å². The first kappa shape index (κ1) is 13.8. The summed E-state index contributed by atoms with van der Waals surface area (Å²) in [7, 11) is 3.07. The Balaban J connectivity index is 1.96. The van der Waals surface area contributed by atoms with Gasteiger partial charge in [-0.05, 0) is 18.9 Å². The van der Waals surface area contributed by atoms with Crippen LogP contribution in [0.1, 0.15) is 23.2 Å². The largest absolute Gasteiger partial charge is 0.381 e. The van der Waals surface area contributed by atoms with Crippen molar-refractivity contribution in [2.75, 3.05) is 7.11 Å². The van der Waals surface area contributed by atoms with Crippen LogP contribution in [-0.4, -0.2) is 33.6 Å². The summed E-state index contributed by atoms with van der Waals surface area (Å²) >= 11 is 0.937. The van der Waals surface area contributed by atoms with Crippen molar-refractivity contribution < 1.29 is 17.9 Å². The monoisotopic (exact) mass is 309 g/mol. The Bertz CT molecular complexity index is 548. The Morgan fingerprint density at radius 3 is 2.72 bits per heavy atom. The first-order valence-electron chi connectivity index (χ1n) is 5.27. The van der Waals surface area contributed by atoms with Crippen LogP contribution in [0.2, 0.25) is 0 Å². The Hall–Kier alpha value is -0.630. The van der Waals surface area contributed by atoms with Gasteiger partial charge in [0.2, 0.25) is 0 Å². The lowest BCUT2D eigenvalue weighted by molar-refractivity contribution is 0.0176. The molecule has 100 valence electrons. The molecule has 0 saturated heterocycles. The van der Waals surface area contributed by atoms with E-state index in [2.05, 4.69) is 5.32 Å². The summed E-state index contributed by atoms with van der Waals surface area (Å²) in [6.07, 6.45) is 1.77. The SMILES string of the molecule is COC1CC(NC(=O)c2csc(S(=O)(=O)Cl)c2)C1. The van der Waals surface area contributed by atoms with E-state index in [9.17, 15) is 13.2 Å². The van der Waals surface area contributed by atoms with E-state index in [0.29, 0.717) is 5.56 Å². The number of carbonyl (C=O) groups excluding carboxylic acids is 1. The lowest BCUT2D eigenvalue weighted by Crippen LogP contribution is -2.47. The molecule has 8 heteroatoms. The van der Waals surface area contributed by atoms with Crippen molar-refractivity contribution in [3.05, 3.63) is 17.0 Å². The molecule has 1 N–H and O–H groups in total. The summed E-state index contributed by atoms with van der Waals surface area (Å²) in [6, 6.07) is 1.38. The Labute approximate surface area is 114 Å². The summed E-state index contributed by atoms with van der Waals surface area (Å²) in [6.45, 7) is 0. The second kappa shape index (κ2) is 5.16. The third-order valence-electron chi connectivity index (χ3n) is 2.84. The molecular formula is C10H12ClNO4S2. The molecule has 0 radical (unpaired) electrons. The lowest BCUT2D eigenvalue weighted by atomic mass is 9.89. The fourth-order valence-electron chi connectivity index (χ4n) is 1.71. The van der Waals surface area contributed by atoms with Gasteiger partial charge >= 0.3 is 0 Å². The number of methoxy groups -OCH3 is 1. The number of nitrogens with one attached hydrogen (secondary N) is 1. The Morgan fingerprint density at radius 2 is 2.22 bits per heavy atom. The highest BCUT2D eigenvalue weighted by Gasteiger charge is 2.30. The minimum atomic E-state index is -3.76. The van der Waals surface area contributed by atoms with Gasteiger partial charge in [0.25, 0.3) is 15.0 Å². The number of hydrogen-bond acceptors (Lipinski definition) is 5. The summed E-state index contributed by atoms with van der Waals surface area (Å²) in [5, 5.41) is 4.29. The molecule has 1 fully saturated rings. The van der Waals surface area contributed by atoms with Crippen molar-refractivity contribution in [2.45, 2.75) is 29.2 Å². The number of ether oxygens (including phenoxy) is 1. The Kier molecular flexibility index (Phi) is 3.96. The molecule has 0 aliphatic heterocycles. The molecule has 1 aliphatic rings. The maximum atomic E-state index is 11.8. The highest BCUT2D eigenvalue weighted by molar-refractivity contribution is 8.15. The number of hydrogen-bond donors (Lipinski definition) is 1. The molecule has 1 aliphatic carbocycles. The van der Waals surface area contributed by atoms with Crippen molar-refractivity contribution in [2.24, 2.45) is 0 Å². The fourth-order valence-corrected chi connectivity index (χ4v) is 3.65. The number of amides is 1. The van der Waals surface area contributed by atoms with Crippen LogP contribution in [0.25, 0.3) is 0 Å². The van der Waals surface area contributed by atoms with Crippen LogP contribution in [0.15, 0.2) is 15.7 Å². The van der Waals surface area contributed by atoms with Gasteiger partial charge in [0.15, 0.2) is 0 Å². The van der Waals surface area contributed by atoms with E-state index >= 15 is 0 Å². The third kappa shape index (κ3) is 3.03. The zero-order chi connectivity index (χ0) is 13.3. The molecule has 5 nitrogen and oxygen atoms in total. The van der Waals surface area contributed by atoms with Crippen molar-refractivity contribution in [1.29, 1.82) is 0 Å². The first-order chi connectivity index (χ1) is 8.40. The van der Waals surface area contributed by atoms with E-state index in [4.69, 9.17) is 15.4 Å². The summed E-state index contributed by atoms with van der Waals surface area (Å²) < 4.78 is 27.2. The predicted octanol–water partition coefficient (Wildman–Crippen LogP) is 1.58. The van der Waals surface area contributed by atoms with Gasteiger partial charge in [-0.2, -0.15) is 0 Å². The molecule has 1 aromatic heterocycles. The smallest absolute Gasteiger partial charge is 0.270 e. The topological polar surface area (TPSA) is 72.5 Å². The van der Waals surface area contributed by atoms with E-state index < -0.39 is 9.05 Å². The molecule has 0 aromatic carbocycles. The quantitative estimate of drug-likeness (QED) is 0.857. The molecule has 1 saturated carbocycles. The molecule has 2 rings (SSSR count). The van der Waals surface area contributed by atoms with Gasteiger partial charge in [0.1, 0.15) is 4.21 Å². The second-order valence-corrected chi connectivity index (χ2v) is 7.80. The van der Waals surface area contributed by atoms with Crippen molar-refractivity contribution in [1.82, 2.24) is 5.32 Å². The van der Waals surface area contributed by atoms with Crippen LogP contribution in [0.5, 0.6) is 0 Å². The number of thiophene rings is 1. The molecule has 0 spiro atoms. The summed E-state index contributed by atoms with van der Waals surface area (Å²) in [5.41, 5.74) is 0.320. The minimum absolute atomic E-state index is 0.0160. The summed E-state index contributed by atoms with van der Waals surface area (Å²) in [5.74, 6) is -0.280. The third-order valence-corrected chi connectivity index (χ3v) is 5.88. The van der Waals surface area contributed by atoms with Gasteiger partial charge in [-0.15, -0.1) is 11.3 Å². The number of carbonyl (C=O) groups is 1.